The molecule has 1 aromatic rings. The SMILES string of the molecule is CC(C)C(=O)NC1CCCCC1c1cccc(S(=O)(=O)C=CC#N)c1. The van der Waals surface area contributed by atoms with Crippen molar-refractivity contribution in [2.75, 3.05) is 0 Å². The summed E-state index contributed by atoms with van der Waals surface area (Å²) in [4.78, 5) is 12.3. The van der Waals surface area contributed by atoms with Crippen LogP contribution in [0.2, 0.25) is 0 Å². The zero-order chi connectivity index (χ0) is 18.4. The van der Waals surface area contributed by atoms with Gasteiger partial charge in [0.2, 0.25) is 15.7 Å². The van der Waals surface area contributed by atoms with E-state index in [1.165, 1.54) is 6.07 Å². The normalized spacial score (nSPS) is 21.2. The van der Waals surface area contributed by atoms with Crippen LogP contribution in [-0.4, -0.2) is 20.4 Å². The van der Waals surface area contributed by atoms with Gasteiger partial charge in [-0.1, -0.05) is 38.8 Å². The van der Waals surface area contributed by atoms with Crippen LogP contribution in [0.4, 0.5) is 0 Å². The number of hydrogen-bond donors (Lipinski definition) is 1. The van der Waals surface area contributed by atoms with Crippen LogP contribution in [0, 0.1) is 17.2 Å². The highest BCUT2D eigenvalue weighted by Gasteiger charge is 2.29. The van der Waals surface area contributed by atoms with Crippen molar-refractivity contribution in [3.8, 4) is 6.07 Å². The highest BCUT2D eigenvalue weighted by Crippen LogP contribution is 2.34. The van der Waals surface area contributed by atoms with E-state index in [4.69, 9.17) is 5.26 Å². The van der Waals surface area contributed by atoms with Gasteiger partial charge in [0.1, 0.15) is 0 Å². The lowest BCUT2D eigenvalue weighted by atomic mass is 9.80. The summed E-state index contributed by atoms with van der Waals surface area (Å²) in [6.45, 7) is 3.73. The minimum atomic E-state index is -3.63. The van der Waals surface area contributed by atoms with E-state index in [9.17, 15) is 13.2 Å². The highest BCUT2D eigenvalue weighted by molar-refractivity contribution is 7.94. The van der Waals surface area contributed by atoms with E-state index in [2.05, 4.69) is 5.32 Å². The molecule has 1 fully saturated rings. The Balaban J connectivity index is 2.30. The second-order valence-corrected chi connectivity index (χ2v) is 8.54. The summed E-state index contributed by atoms with van der Waals surface area (Å²) in [6.07, 6.45) is 4.90. The fourth-order valence-corrected chi connectivity index (χ4v) is 4.14. The van der Waals surface area contributed by atoms with Crippen LogP contribution in [0.25, 0.3) is 0 Å². The van der Waals surface area contributed by atoms with Crippen LogP contribution in [0.5, 0.6) is 0 Å². The summed E-state index contributed by atoms with van der Waals surface area (Å²) < 4.78 is 24.5. The Morgan fingerprint density at radius 1 is 1.32 bits per heavy atom. The van der Waals surface area contributed by atoms with Crippen molar-refractivity contribution in [2.45, 2.75) is 56.4 Å². The van der Waals surface area contributed by atoms with Crippen LogP contribution in [0.1, 0.15) is 51.0 Å². The zero-order valence-electron chi connectivity index (χ0n) is 14.6. The molecule has 2 rings (SSSR count). The van der Waals surface area contributed by atoms with Gasteiger partial charge in [-0.15, -0.1) is 0 Å². The van der Waals surface area contributed by atoms with E-state index < -0.39 is 9.84 Å². The molecule has 1 aliphatic rings. The molecule has 1 N–H and O–H groups in total. The summed E-state index contributed by atoms with van der Waals surface area (Å²) in [5.41, 5.74) is 0.917. The van der Waals surface area contributed by atoms with Crippen LogP contribution in [-0.2, 0) is 14.6 Å². The van der Waals surface area contributed by atoms with Crippen molar-refractivity contribution in [2.24, 2.45) is 5.92 Å². The van der Waals surface area contributed by atoms with Gasteiger partial charge < -0.3 is 5.32 Å². The van der Waals surface area contributed by atoms with E-state index in [0.717, 1.165) is 42.7 Å². The molecule has 1 saturated carbocycles. The monoisotopic (exact) mass is 360 g/mol. The standard InChI is InChI=1S/C19H24N2O3S/c1-14(2)19(22)21-18-10-4-3-9-17(18)15-7-5-8-16(13-15)25(23,24)12-6-11-20/h5-8,12-14,17-18H,3-4,9-10H2,1-2H3,(H,21,22). The summed E-state index contributed by atoms with van der Waals surface area (Å²) in [7, 11) is -3.63. The van der Waals surface area contributed by atoms with Crippen molar-refractivity contribution in [3.63, 3.8) is 0 Å². The summed E-state index contributed by atoms with van der Waals surface area (Å²) in [5, 5.41) is 12.6. The van der Waals surface area contributed by atoms with Gasteiger partial charge in [0.25, 0.3) is 0 Å². The molecule has 0 radical (unpaired) electrons. The van der Waals surface area contributed by atoms with Crippen molar-refractivity contribution in [3.05, 3.63) is 41.3 Å². The van der Waals surface area contributed by atoms with Crippen LogP contribution in [0.3, 0.4) is 0 Å². The Morgan fingerprint density at radius 2 is 2.04 bits per heavy atom. The molecule has 0 heterocycles. The minimum absolute atomic E-state index is 0.0243. The molecule has 1 aromatic carbocycles. The van der Waals surface area contributed by atoms with Crippen molar-refractivity contribution in [1.82, 2.24) is 5.32 Å². The van der Waals surface area contributed by atoms with Gasteiger partial charge >= 0.3 is 0 Å². The third kappa shape index (κ3) is 4.93. The lowest BCUT2D eigenvalue weighted by Gasteiger charge is -2.33. The first-order valence-corrected chi connectivity index (χ1v) is 10.1. The number of carbonyl (C=O) groups excluding carboxylic acids is 1. The number of benzene rings is 1. The fraction of sp³-hybridized carbons (Fsp3) is 0.474. The number of nitrogens with zero attached hydrogens (tertiary/aromatic N) is 1. The Hall–Kier alpha value is -2.13. The number of allylic oxidation sites excluding steroid dienone is 1. The molecule has 0 aromatic heterocycles. The quantitative estimate of drug-likeness (QED) is 0.816. The molecule has 0 aliphatic heterocycles. The third-order valence-corrected chi connectivity index (χ3v) is 5.96. The van der Waals surface area contributed by atoms with Crippen LogP contribution in [0.15, 0.2) is 40.6 Å². The lowest BCUT2D eigenvalue weighted by molar-refractivity contribution is -0.125. The van der Waals surface area contributed by atoms with Gasteiger partial charge in [0.15, 0.2) is 0 Å². The smallest absolute Gasteiger partial charge is 0.222 e. The van der Waals surface area contributed by atoms with Gasteiger partial charge in [-0.3, -0.25) is 4.79 Å². The molecule has 0 bridgehead atoms. The average Bonchev–Trinajstić information content (AvgIpc) is 2.60. The Labute approximate surface area is 149 Å². The molecule has 6 heteroatoms. The fourth-order valence-electron chi connectivity index (χ4n) is 3.17. The summed E-state index contributed by atoms with van der Waals surface area (Å²) in [6, 6.07) is 8.56. The molecule has 1 amide bonds. The third-order valence-electron chi connectivity index (χ3n) is 4.55. The number of nitrogens with one attached hydrogen (secondary N) is 1. The molecular weight excluding hydrogens is 336 g/mol. The number of nitriles is 1. The second kappa shape index (κ2) is 8.30. The lowest BCUT2D eigenvalue weighted by Crippen LogP contribution is -2.42. The maximum atomic E-state index is 12.3. The van der Waals surface area contributed by atoms with Crippen molar-refractivity contribution < 1.29 is 13.2 Å². The van der Waals surface area contributed by atoms with Gasteiger partial charge in [0, 0.05) is 29.4 Å². The first-order valence-electron chi connectivity index (χ1n) is 8.56. The molecule has 25 heavy (non-hydrogen) atoms. The first kappa shape index (κ1) is 19.2. The summed E-state index contributed by atoms with van der Waals surface area (Å²) in [5.74, 6) is 0.0505. The minimum Gasteiger partial charge on any atom is -0.353 e. The predicted molar refractivity (Wildman–Crippen MR) is 96.4 cm³/mol. The average molecular weight is 360 g/mol. The molecule has 2 atom stereocenters. The van der Waals surface area contributed by atoms with E-state index in [1.807, 2.05) is 19.9 Å². The summed E-state index contributed by atoms with van der Waals surface area (Å²) >= 11 is 0. The number of hydrogen-bond acceptors (Lipinski definition) is 4. The molecule has 1 aliphatic carbocycles. The number of carbonyl (C=O) groups is 1. The maximum Gasteiger partial charge on any atom is 0.222 e. The predicted octanol–water partition coefficient (Wildman–Crippen LogP) is 3.30. The van der Waals surface area contributed by atoms with Gasteiger partial charge in [0.05, 0.1) is 11.0 Å². The van der Waals surface area contributed by atoms with Gasteiger partial charge in [-0.2, -0.15) is 5.26 Å². The van der Waals surface area contributed by atoms with E-state index in [0.29, 0.717) is 0 Å². The molecule has 0 saturated heterocycles. The largest absolute Gasteiger partial charge is 0.353 e. The second-order valence-electron chi connectivity index (χ2n) is 6.71. The molecule has 5 nitrogen and oxygen atoms in total. The van der Waals surface area contributed by atoms with E-state index in [-0.39, 0.29) is 28.7 Å². The Bertz CT molecular complexity index is 791. The van der Waals surface area contributed by atoms with Crippen molar-refractivity contribution in [1.29, 1.82) is 5.26 Å². The number of sulfone groups is 1. The highest BCUT2D eigenvalue weighted by atomic mass is 32.2. The van der Waals surface area contributed by atoms with E-state index in [1.54, 1.807) is 18.2 Å². The topological polar surface area (TPSA) is 87.0 Å². The number of rotatable bonds is 5. The Morgan fingerprint density at radius 3 is 2.72 bits per heavy atom. The molecule has 2 unspecified atom stereocenters. The molecular formula is C19H24N2O3S. The van der Waals surface area contributed by atoms with E-state index >= 15 is 0 Å². The van der Waals surface area contributed by atoms with Gasteiger partial charge in [-0.05, 0) is 30.5 Å². The van der Waals surface area contributed by atoms with Crippen LogP contribution >= 0.6 is 0 Å². The Kier molecular flexibility index (Phi) is 6.38. The van der Waals surface area contributed by atoms with Gasteiger partial charge in [-0.25, -0.2) is 8.42 Å². The van der Waals surface area contributed by atoms with Crippen molar-refractivity contribution >= 4 is 15.7 Å². The molecule has 134 valence electrons. The zero-order valence-corrected chi connectivity index (χ0v) is 15.4. The maximum absolute atomic E-state index is 12.3. The molecule has 0 spiro atoms. The van der Waals surface area contributed by atoms with Crippen LogP contribution < -0.4 is 5.32 Å². The number of amides is 1. The first-order chi connectivity index (χ1) is 11.8.